The topological polar surface area (TPSA) is 37.4 Å². The van der Waals surface area contributed by atoms with Crippen LogP contribution in [0.1, 0.15) is 46.0 Å². The summed E-state index contributed by atoms with van der Waals surface area (Å²) in [5.74, 6) is 2.17. The lowest BCUT2D eigenvalue weighted by Crippen LogP contribution is -2.34. The maximum Gasteiger partial charge on any atom is 0.233 e. The van der Waals surface area contributed by atoms with Crippen LogP contribution in [0.3, 0.4) is 0 Å². The van der Waals surface area contributed by atoms with Crippen LogP contribution in [-0.2, 0) is 9.59 Å². The van der Waals surface area contributed by atoms with Crippen LogP contribution in [-0.4, -0.2) is 29.0 Å². The monoisotopic (exact) mass is 283 g/mol. The summed E-state index contributed by atoms with van der Waals surface area (Å²) in [5, 5.41) is 0. The average molecular weight is 283 g/mol. The molecule has 2 amide bonds. The summed E-state index contributed by atoms with van der Waals surface area (Å²) in [6.45, 7) is 4.92. The lowest BCUT2D eigenvalue weighted by atomic mass is 10.00. The van der Waals surface area contributed by atoms with Gasteiger partial charge in [0.15, 0.2) is 0 Å². The number of hydrogen-bond acceptors (Lipinski definition) is 3. The summed E-state index contributed by atoms with van der Waals surface area (Å²) in [6, 6.07) is 0. The first-order valence-electron chi connectivity index (χ1n) is 7.54. The summed E-state index contributed by atoms with van der Waals surface area (Å²) in [7, 11) is 0. The SMILES string of the molecule is CCC1CC2C(=O)N(CCC(C)CCS)C(=O)C2C1. The largest absolute Gasteiger partial charge is 0.282 e. The number of amides is 2. The molecule has 1 aliphatic carbocycles. The minimum Gasteiger partial charge on any atom is -0.282 e. The number of rotatable bonds is 6. The van der Waals surface area contributed by atoms with Gasteiger partial charge in [-0.15, -0.1) is 0 Å². The van der Waals surface area contributed by atoms with E-state index >= 15 is 0 Å². The van der Waals surface area contributed by atoms with Crippen LogP contribution in [0.2, 0.25) is 0 Å². The summed E-state index contributed by atoms with van der Waals surface area (Å²) in [6.07, 6.45) is 4.90. The molecule has 0 bridgehead atoms. The van der Waals surface area contributed by atoms with Crippen LogP contribution in [0.4, 0.5) is 0 Å². The molecule has 0 N–H and O–H groups in total. The van der Waals surface area contributed by atoms with E-state index in [0.29, 0.717) is 18.4 Å². The molecule has 2 rings (SSSR count). The highest BCUT2D eigenvalue weighted by Crippen LogP contribution is 2.44. The molecule has 1 saturated carbocycles. The molecule has 2 aliphatic rings. The summed E-state index contributed by atoms with van der Waals surface area (Å²) < 4.78 is 0. The Morgan fingerprint density at radius 3 is 2.26 bits per heavy atom. The van der Waals surface area contributed by atoms with E-state index in [9.17, 15) is 9.59 Å². The predicted octanol–water partition coefficient (Wildman–Crippen LogP) is 2.75. The fourth-order valence-electron chi connectivity index (χ4n) is 3.47. The first kappa shape index (κ1) is 14.9. The van der Waals surface area contributed by atoms with Gasteiger partial charge in [0.25, 0.3) is 0 Å². The molecule has 0 spiro atoms. The number of nitrogens with zero attached hydrogens (tertiary/aromatic N) is 1. The van der Waals surface area contributed by atoms with Crippen molar-refractivity contribution in [3.8, 4) is 0 Å². The van der Waals surface area contributed by atoms with Gasteiger partial charge in [-0.1, -0.05) is 20.3 Å². The molecule has 3 atom stereocenters. The molecular formula is C15H25NO2S. The van der Waals surface area contributed by atoms with Crippen LogP contribution < -0.4 is 0 Å². The van der Waals surface area contributed by atoms with Gasteiger partial charge in [0, 0.05) is 6.54 Å². The highest BCUT2D eigenvalue weighted by Gasteiger charge is 2.51. The molecule has 3 unspecified atom stereocenters. The first-order chi connectivity index (χ1) is 9.08. The zero-order valence-corrected chi connectivity index (χ0v) is 12.9. The number of imide groups is 1. The Hall–Kier alpha value is -0.510. The fourth-order valence-corrected chi connectivity index (χ4v) is 3.91. The van der Waals surface area contributed by atoms with Gasteiger partial charge < -0.3 is 0 Å². The molecule has 0 aromatic carbocycles. The molecule has 1 aliphatic heterocycles. The van der Waals surface area contributed by atoms with E-state index in [-0.39, 0.29) is 23.7 Å². The Kier molecular flexibility index (Phi) is 4.93. The molecule has 0 aromatic heterocycles. The van der Waals surface area contributed by atoms with Crippen molar-refractivity contribution in [3.63, 3.8) is 0 Å². The van der Waals surface area contributed by atoms with E-state index in [1.807, 2.05) is 0 Å². The second kappa shape index (κ2) is 6.29. The number of thiol groups is 1. The molecule has 3 nitrogen and oxygen atoms in total. The first-order valence-corrected chi connectivity index (χ1v) is 8.17. The number of carbonyl (C=O) groups is 2. The molecule has 0 aromatic rings. The summed E-state index contributed by atoms with van der Waals surface area (Å²) in [4.78, 5) is 26.2. The molecule has 19 heavy (non-hydrogen) atoms. The Bertz CT molecular complexity index is 334. The van der Waals surface area contributed by atoms with E-state index in [4.69, 9.17) is 0 Å². The molecule has 0 radical (unpaired) electrons. The zero-order valence-electron chi connectivity index (χ0n) is 12.0. The van der Waals surface area contributed by atoms with Crippen molar-refractivity contribution in [2.24, 2.45) is 23.7 Å². The van der Waals surface area contributed by atoms with Crippen molar-refractivity contribution < 1.29 is 9.59 Å². The molecule has 108 valence electrons. The van der Waals surface area contributed by atoms with Crippen molar-refractivity contribution in [2.45, 2.75) is 46.0 Å². The van der Waals surface area contributed by atoms with Gasteiger partial charge in [0.2, 0.25) is 11.8 Å². The molecule has 1 heterocycles. The van der Waals surface area contributed by atoms with Gasteiger partial charge in [-0.2, -0.15) is 12.6 Å². The smallest absolute Gasteiger partial charge is 0.233 e. The number of hydrogen-bond donors (Lipinski definition) is 1. The van der Waals surface area contributed by atoms with Gasteiger partial charge >= 0.3 is 0 Å². The van der Waals surface area contributed by atoms with E-state index < -0.39 is 0 Å². The van der Waals surface area contributed by atoms with E-state index in [2.05, 4.69) is 26.5 Å². The third-order valence-corrected chi connectivity index (χ3v) is 5.13. The Balaban J connectivity index is 1.91. The Morgan fingerprint density at radius 2 is 1.79 bits per heavy atom. The standard InChI is InChI=1S/C15H25NO2S/c1-3-11-8-12-13(9-11)15(18)16(14(12)17)6-4-10(2)5-7-19/h10-13,19H,3-9H2,1-2H3. The fraction of sp³-hybridized carbons (Fsp3) is 0.867. The third kappa shape index (κ3) is 2.99. The van der Waals surface area contributed by atoms with Gasteiger partial charge in [-0.05, 0) is 43.3 Å². The van der Waals surface area contributed by atoms with Crippen LogP contribution >= 0.6 is 12.6 Å². The van der Waals surface area contributed by atoms with Crippen molar-refractivity contribution in [3.05, 3.63) is 0 Å². The average Bonchev–Trinajstić information content (AvgIpc) is 2.90. The van der Waals surface area contributed by atoms with Crippen molar-refractivity contribution in [1.82, 2.24) is 4.90 Å². The Labute approximate surface area is 121 Å². The normalized spacial score (nSPS) is 31.9. The summed E-state index contributed by atoms with van der Waals surface area (Å²) in [5.41, 5.74) is 0. The highest BCUT2D eigenvalue weighted by atomic mass is 32.1. The second-order valence-corrected chi connectivity index (χ2v) is 6.64. The lowest BCUT2D eigenvalue weighted by molar-refractivity contribution is -0.140. The maximum atomic E-state index is 12.3. The summed E-state index contributed by atoms with van der Waals surface area (Å²) >= 11 is 4.22. The van der Waals surface area contributed by atoms with Gasteiger partial charge in [-0.25, -0.2) is 0 Å². The molecular weight excluding hydrogens is 258 g/mol. The van der Waals surface area contributed by atoms with Crippen molar-refractivity contribution in [1.29, 1.82) is 0 Å². The van der Waals surface area contributed by atoms with Crippen LogP contribution in [0, 0.1) is 23.7 Å². The van der Waals surface area contributed by atoms with Crippen LogP contribution in [0.5, 0.6) is 0 Å². The quantitative estimate of drug-likeness (QED) is 0.601. The second-order valence-electron chi connectivity index (χ2n) is 6.19. The minimum atomic E-state index is -0.00219. The number of likely N-dealkylation sites (tertiary alicyclic amines) is 1. The third-order valence-electron chi connectivity index (χ3n) is 4.87. The van der Waals surface area contributed by atoms with E-state index in [0.717, 1.165) is 37.9 Å². The lowest BCUT2D eigenvalue weighted by Gasteiger charge is -2.19. The van der Waals surface area contributed by atoms with E-state index in [1.165, 1.54) is 4.90 Å². The van der Waals surface area contributed by atoms with Crippen molar-refractivity contribution in [2.75, 3.05) is 12.3 Å². The van der Waals surface area contributed by atoms with E-state index in [1.54, 1.807) is 0 Å². The highest BCUT2D eigenvalue weighted by molar-refractivity contribution is 7.80. The van der Waals surface area contributed by atoms with Gasteiger partial charge in [-0.3, -0.25) is 14.5 Å². The van der Waals surface area contributed by atoms with Crippen LogP contribution in [0.25, 0.3) is 0 Å². The maximum absolute atomic E-state index is 12.3. The minimum absolute atomic E-state index is 0.00219. The van der Waals surface area contributed by atoms with Crippen LogP contribution in [0.15, 0.2) is 0 Å². The van der Waals surface area contributed by atoms with Gasteiger partial charge in [0.1, 0.15) is 0 Å². The Morgan fingerprint density at radius 1 is 1.21 bits per heavy atom. The van der Waals surface area contributed by atoms with Gasteiger partial charge in [0.05, 0.1) is 11.8 Å². The zero-order chi connectivity index (χ0) is 14.0. The molecule has 2 fully saturated rings. The number of carbonyl (C=O) groups excluding carboxylic acids is 2. The number of fused-ring (bicyclic) bond motifs is 1. The molecule has 4 heteroatoms. The predicted molar refractivity (Wildman–Crippen MR) is 79.0 cm³/mol. The molecule has 1 saturated heterocycles. The van der Waals surface area contributed by atoms with Crippen molar-refractivity contribution >= 4 is 24.4 Å².